The molecule has 0 aliphatic rings. The number of hydrogen-bond acceptors (Lipinski definition) is 1. The van der Waals surface area contributed by atoms with E-state index in [-0.39, 0.29) is 11.2 Å². The molecular weight excluding hydrogens is 184 g/mol. The summed E-state index contributed by atoms with van der Waals surface area (Å²) in [5.41, 5.74) is 1.17. The smallest absolute Gasteiger partial charge is 0.225 e. The highest BCUT2D eigenvalue weighted by molar-refractivity contribution is 6.63. The molecule has 0 saturated carbocycles. The Hall–Kier alpha value is -0.820. The summed E-state index contributed by atoms with van der Waals surface area (Å²) in [6.07, 6.45) is 1.55. The van der Waals surface area contributed by atoms with Crippen molar-refractivity contribution in [3.05, 3.63) is 35.9 Å². The third-order valence-electron chi connectivity index (χ3n) is 2.14. The lowest BCUT2D eigenvalue weighted by Crippen LogP contribution is -2.10. The predicted octanol–water partition coefficient (Wildman–Crippen LogP) is 3.02. The van der Waals surface area contributed by atoms with Gasteiger partial charge in [-0.3, -0.25) is 4.79 Å². The summed E-state index contributed by atoms with van der Waals surface area (Å²) < 4.78 is 0. The van der Waals surface area contributed by atoms with Gasteiger partial charge in [0, 0.05) is 5.92 Å². The first-order valence-corrected chi connectivity index (χ1v) is 4.85. The van der Waals surface area contributed by atoms with E-state index >= 15 is 0 Å². The molecule has 0 spiro atoms. The van der Waals surface area contributed by atoms with E-state index in [1.54, 1.807) is 0 Å². The largest absolute Gasteiger partial charge is 0.281 e. The summed E-state index contributed by atoms with van der Waals surface area (Å²) in [6, 6.07) is 9.94. The van der Waals surface area contributed by atoms with Crippen molar-refractivity contribution in [3.8, 4) is 0 Å². The Morgan fingerprint density at radius 2 is 2.00 bits per heavy atom. The summed E-state index contributed by atoms with van der Waals surface area (Å²) in [5, 5.41) is -0.230. The van der Waals surface area contributed by atoms with Crippen molar-refractivity contribution in [2.45, 2.75) is 19.8 Å². The van der Waals surface area contributed by atoms with Gasteiger partial charge in [0.15, 0.2) is 0 Å². The molecule has 1 aromatic carbocycles. The Balaban J connectivity index is 2.62. The molecule has 0 N–H and O–H groups in total. The van der Waals surface area contributed by atoms with Crippen LogP contribution in [0.25, 0.3) is 0 Å². The number of halogens is 1. The Labute approximate surface area is 83.7 Å². The van der Waals surface area contributed by atoms with Gasteiger partial charge in [-0.25, -0.2) is 0 Å². The lowest BCUT2D eigenvalue weighted by molar-refractivity contribution is -0.115. The van der Waals surface area contributed by atoms with E-state index in [1.165, 1.54) is 5.56 Å². The van der Waals surface area contributed by atoms with Gasteiger partial charge in [0.2, 0.25) is 5.24 Å². The molecule has 0 aliphatic carbocycles. The normalized spacial score (nSPS) is 12.5. The van der Waals surface area contributed by atoms with Crippen LogP contribution < -0.4 is 0 Å². The van der Waals surface area contributed by atoms with Crippen LogP contribution in [-0.4, -0.2) is 5.24 Å². The number of hydrogen-bond donors (Lipinski definition) is 0. The highest BCUT2D eigenvalue weighted by atomic mass is 35.5. The van der Waals surface area contributed by atoms with E-state index in [2.05, 4.69) is 0 Å². The molecule has 0 radical (unpaired) electrons. The first-order chi connectivity index (χ1) is 6.24. The Bertz CT molecular complexity index is 269. The summed E-state index contributed by atoms with van der Waals surface area (Å²) in [5.74, 6) is -0.0379. The maximum Gasteiger partial charge on any atom is 0.225 e. The number of carbonyl (C=O) groups excluding carboxylic acids is 1. The Morgan fingerprint density at radius 1 is 1.38 bits per heavy atom. The molecule has 2 heteroatoms. The van der Waals surface area contributed by atoms with Crippen molar-refractivity contribution in [1.29, 1.82) is 0 Å². The van der Waals surface area contributed by atoms with E-state index in [1.807, 2.05) is 37.3 Å². The van der Waals surface area contributed by atoms with Crippen molar-refractivity contribution in [3.63, 3.8) is 0 Å². The van der Waals surface area contributed by atoms with Gasteiger partial charge in [-0.2, -0.15) is 0 Å². The van der Waals surface area contributed by atoms with Gasteiger partial charge < -0.3 is 0 Å². The molecule has 70 valence electrons. The van der Waals surface area contributed by atoms with Crippen LogP contribution >= 0.6 is 11.6 Å². The maximum atomic E-state index is 10.9. The molecule has 13 heavy (non-hydrogen) atoms. The van der Waals surface area contributed by atoms with Gasteiger partial charge in [-0.1, -0.05) is 37.3 Å². The van der Waals surface area contributed by atoms with Crippen LogP contribution in [0, 0.1) is 5.92 Å². The molecule has 1 nitrogen and oxygen atoms in total. The van der Waals surface area contributed by atoms with Crippen molar-refractivity contribution >= 4 is 16.8 Å². The van der Waals surface area contributed by atoms with E-state index in [0.717, 1.165) is 12.8 Å². The van der Waals surface area contributed by atoms with Crippen molar-refractivity contribution in [1.82, 2.24) is 0 Å². The van der Waals surface area contributed by atoms with Crippen molar-refractivity contribution in [2.75, 3.05) is 0 Å². The van der Waals surface area contributed by atoms with Crippen LogP contribution in [0.15, 0.2) is 30.3 Å². The molecule has 0 saturated heterocycles. The fourth-order valence-corrected chi connectivity index (χ4v) is 1.52. The summed E-state index contributed by atoms with van der Waals surface area (Å²) in [4.78, 5) is 10.9. The van der Waals surface area contributed by atoms with Crippen LogP contribution in [0.1, 0.15) is 18.9 Å². The van der Waals surface area contributed by atoms with Crippen LogP contribution in [0.2, 0.25) is 0 Å². The molecule has 0 unspecified atom stereocenters. The molecule has 1 atom stereocenters. The monoisotopic (exact) mass is 196 g/mol. The average Bonchev–Trinajstić information content (AvgIpc) is 2.15. The van der Waals surface area contributed by atoms with E-state index in [4.69, 9.17) is 11.6 Å². The first-order valence-electron chi connectivity index (χ1n) is 4.47. The van der Waals surface area contributed by atoms with Gasteiger partial charge >= 0.3 is 0 Å². The van der Waals surface area contributed by atoms with Crippen molar-refractivity contribution in [2.24, 2.45) is 5.92 Å². The van der Waals surface area contributed by atoms with Crippen LogP contribution in [0.4, 0.5) is 0 Å². The number of benzene rings is 1. The number of rotatable bonds is 4. The quantitative estimate of drug-likeness (QED) is 0.677. The maximum absolute atomic E-state index is 10.9. The molecule has 0 aliphatic heterocycles. The third-order valence-corrected chi connectivity index (χ3v) is 2.45. The minimum absolute atomic E-state index is 0.0379. The van der Waals surface area contributed by atoms with Crippen LogP contribution in [0.5, 0.6) is 0 Å². The minimum atomic E-state index is -0.230. The standard InChI is InChI=1S/C11H13ClO/c1-2-10(11(12)13)8-9-6-4-3-5-7-9/h3-7,10H,2,8H2,1H3/t10-/m1/s1. The highest BCUT2D eigenvalue weighted by Crippen LogP contribution is 2.14. The molecule has 1 aromatic rings. The Morgan fingerprint density at radius 3 is 2.46 bits per heavy atom. The topological polar surface area (TPSA) is 17.1 Å². The van der Waals surface area contributed by atoms with E-state index in [9.17, 15) is 4.79 Å². The second kappa shape index (κ2) is 5.03. The zero-order valence-electron chi connectivity index (χ0n) is 7.66. The third kappa shape index (κ3) is 3.19. The summed E-state index contributed by atoms with van der Waals surface area (Å²) in [7, 11) is 0. The molecule has 0 bridgehead atoms. The lowest BCUT2D eigenvalue weighted by Gasteiger charge is -2.08. The highest BCUT2D eigenvalue weighted by Gasteiger charge is 2.13. The van der Waals surface area contributed by atoms with Gasteiger partial charge in [-0.05, 0) is 30.0 Å². The second-order valence-electron chi connectivity index (χ2n) is 3.10. The van der Waals surface area contributed by atoms with Gasteiger partial charge in [-0.15, -0.1) is 0 Å². The van der Waals surface area contributed by atoms with Crippen LogP contribution in [-0.2, 0) is 11.2 Å². The average molecular weight is 197 g/mol. The fourth-order valence-electron chi connectivity index (χ4n) is 1.28. The minimum Gasteiger partial charge on any atom is -0.281 e. The van der Waals surface area contributed by atoms with Gasteiger partial charge in [0.25, 0.3) is 0 Å². The zero-order chi connectivity index (χ0) is 9.68. The number of carbonyl (C=O) groups is 1. The SMILES string of the molecule is CC[C@H](Cc1ccccc1)C(=O)Cl. The summed E-state index contributed by atoms with van der Waals surface area (Å²) >= 11 is 5.45. The van der Waals surface area contributed by atoms with Gasteiger partial charge in [0.05, 0.1) is 0 Å². The van der Waals surface area contributed by atoms with Crippen LogP contribution in [0.3, 0.4) is 0 Å². The fraction of sp³-hybridized carbons (Fsp3) is 0.364. The molecule has 0 aromatic heterocycles. The lowest BCUT2D eigenvalue weighted by atomic mass is 9.98. The van der Waals surface area contributed by atoms with Gasteiger partial charge in [0.1, 0.15) is 0 Å². The second-order valence-corrected chi connectivity index (χ2v) is 3.47. The predicted molar refractivity (Wildman–Crippen MR) is 54.8 cm³/mol. The van der Waals surface area contributed by atoms with Crippen molar-refractivity contribution < 1.29 is 4.79 Å². The summed E-state index contributed by atoms with van der Waals surface area (Å²) in [6.45, 7) is 1.98. The molecule has 1 rings (SSSR count). The zero-order valence-corrected chi connectivity index (χ0v) is 8.42. The van der Waals surface area contributed by atoms with E-state index in [0.29, 0.717) is 0 Å². The Kier molecular flexibility index (Phi) is 3.97. The molecule has 0 heterocycles. The first kappa shape index (κ1) is 10.3. The van der Waals surface area contributed by atoms with E-state index < -0.39 is 0 Å². The molecular formula is C11H13ClO. The molecule has 0 amide bonds. The molecule has 0 fully saturated rings.